The highest BCUT2D eigenvalue weighted by Crippen LogP contribution is 2.49. The van der Waals surface area contributed by atoms with Crippen molar-refractivity contribution in [1.82, 2.24) is 5.32 Å². The fraction of sp³-hybridized carbons (Fsp3) is 0.320. The minimum Gasteiger partial charge on any atom is -0.497 e. The number of dihydropyridines is 1. The molecule has 0 fully saturated rings. The van der Waals surface area contributed by atoms with Crippen molar-refractivity contribution < 1.29 is 28.6 Å². The molecule has 0 radical (unpaired) electrons. The van der Waals surface area contributed by atoms with Gasteiger partial charge in [0.2, 0.25) is 0 Å². The van der Waals surface area contributed by atoms with Crippen LogP contribution in [0.3, 0.4) is 0 Å². The first-order valence-corrected chi connectivity index (χ1v) is 11.4. The molecule has 0 bridgehead atoms. The highest BCUT2D eigenvalue weighted by molar-refractivity contribution is 7.10. The summed E-state index contributed by atoms with van der Waals surface area (Å²) >= 11 is 1.50. The lowest BCUT2D eigenvalue weighted by Gasteiger charge is -2.39. The summed E-state index contributed by atoms with van der Waals surface area (Å²) in [7, 11) is 4.15. The predicted octanol–water partition coefficient (Wildman–Crippen LogP) is 3.69. The second-order valence-electron chi connectivity index (χ2n) is 7.95. The number of benzene rings is 1. The molecule has 0 saturated heterocycles. The van der Waals surface area contributed by atoms with Gasteiger partial charge >= 0.3 is 11.9 Å². The molecule has 0 spiro atoms. The maximum atomic E-state index is 14.0. The third-order valence-electron chi connectivity index (χ3n) is 6.22. The normalized spacial score (nSPS) is 22.4. The average molecular weight is 468 g/mol. The number of nitrogens with one attached hydrogen (secondary N) is 1. The largest absolute Gasteiger partial charge is 0.497 e. The molecule has 172 valence electrons. The summed E-state index contributed by atoms with van der Waals surface area (Å²) in [6.07, 6.45) is 0.438. The Morgan fingerprint density at radius 2 is 1.88 bits per heavy atom. The number of rotatable bonds is 5. The van der Waals surface area contributed by atoms with Gasteiger partial charge in [0.25, 0.3) is 0 Å². The first-order valence-electron chi connectivity index (χ1n) is 10.5. The minimum atomic E-state index is -1.00. The summed E-state index contributed by atoms with van der Waals surface area (Å²) in [5.74, 6) is -2.93. The van der Waals surface area contributed by atoms with Crippen LogP contribution in [-0.2, 0) is 23.9 Å². The summed E-state index contributed by atoms with van der Waals surface area (Å²) in [6.45, 7) is 1.79. The van der Waals surface area contributed by atoms with Crippen molar-refractivity contribution in [3.05, 3.63) is 74.8 Å². The smallest absolute Gasteiger partial charge is 0.336 e. The van der Waals surface area contributed by atoms with Gasteiger partial charge in [0.05, 0.1) is 26.9 Å². The van der Waals surface area contributed by atoms with Crippen LogP contribution in [0.4, 0.5) is 0 Å². The summed E-state index contributed by atoms with van der Waals surface area (Å²) < 4.78 is 15.5. The van der Waals surface area contributed by atoms with Crippen LogP contribution in [0.2, 0.25) is 0 Å². The van der Waals surface area contributed by atoms with Crippen molar-refractivity contribution in [3.8, 4) is 5.75 Å². The van der Waals surface area contributed by atoms with Crippen LogP contribution in [0.1, 0.15) is 35.6 Å². The Hall–Kier alpha value is -3.39. The van der Waals surface area contributed by atoms with E-state index < -0.39 is 23.8 Å². The maximum absolute atomic E-state index is 14.0. The monoisotopic (exact) mass is 467 g/mol. The van der Waals surface area contributed by atoms with Crippen LogP contribution >= 0.6 is 11.3 Å². The number of ketones is 1. The maximum Gasteiger partial charge on any atom is 0.336 e. The Morgan fingerprint density at radius 1 is 1.09 bits per heavy atom. The quantitative estimate of drug-likeness (QED) is 0.530. The molecule has 1 aromatic heterocycles. The van der Waals surface area contributed by atoms with Gasteiger partial charge in [-0.05, 0) is 42.5 Å². The van der Waals surface area contributed by atoms with Gasteiger partial charge in [-0.25, -0.2) is 4.79 Å². The zero-order valence-electron chi connectivity index (χ0n) is 18.8. The number of allylic oxidation sites excluding steroid dienone is 3. The first-order chi connectivity index (χ1) is 15.9. The average Bonchev–Trinajstić information content (AvgIpc) is 3.37. The molecule has 0 saturated carbocycles. The van der Waals surface area contributed by atoms with E-state index in [1.54, 1.807) is 32.2 Å². The standard InChI is InChI=1S/C25H25NO6S/c1-13-19(24(28)31-3)20(14-7-5-8-15(11-14)30-2)22-17(26-13)12-16(18-9-6-10-33-18)21(23(22)27)25(29)32-4/h5-11,16,20-21,26H,12H2,1-4H3/t16-,20-,21+/m1/s1. The van der Waals surface area contributed by atoms with E-state index >= 15 is 0 Å². The number of thiophene rings is 1. The lowest BCUT2D eigenvalue weighted by molar-refractivity contribution is -0.149. The number of hydrogen-bond donors (Lipinski definition) is 1. The zero-order valence-corrected chi connectivity index (χ0v) is 19.7. The minimum absolute atomic E-state index is 0.330. The summed E-state index contributed by atoms with van der Waals surface area (Å²) in [5, 5.41) is 5.19. The molecule has 0 unspecified atom stereocenters. The molecule has 8 heteroatoms. The van der Waals surface area contributed by atoms with E-state index in [4.69, 9.17) is 14.2 Å². The number of methoxy groups -OCH3 is 3. The molecule has 1 aliphatic heterocycles. The van der Waals surface area contributed by atoms with Crippen LogP contribution in [0.25, 0.3) is 0 Å². The molecule has 4 rings (SSSR count). The van der Waals surface area contributed by atoms with E-state index in [0.29, 0.717) is 40.3 Å². The van der Waals surface area contributed by atoms with E-state index in [1.165, 1.54) is 25.6 Å². The molecule has 33 heavy (non-hydrogen) atoms. The third kappa shape index (κ3) is 3.95. The molecule has 2 aliphatic rings. The van der Waals surface area contributed by atoms with Gasteiger partial charge in [0.1, 0.15) is 11.7 Å². The third-order valence-corrected chi connectivity index (χ3v) is 7.22. The fourth-order valence-corrected chi connectivity index (χ4v) is 5.60. The Bertz CT molecular complexity index is 1160. The van der Waals surface area contributed by atoms with Crippen LogP contribution < -0.4 is 10.1 Å². The summed E-state index contributed by atoms with van der Waals surface area (Å²) in [4.78, 5) is 40.6. The number of carbonyl (C=O) groups is 3. The highest BCUT2D eigenvalue weighted by Gasteiger charge is 2.49. The van der Waals surface area contributed by atoms with Crippen molar-refractivity contribution in [2.24, 2.45) is 5.92 Å². The second-order valence-corrected chi connectivity index (χ2v) is 8.93. The number of esters is 2. The number of hydrogen-bond acceptors (Lipinski definition) is 8. The Labute approximate surface area is 196 Å². The Balaban J connectivity index is 1.92. The summed E-state index contributed by atoms with van der Waals surface area (Å²) in [5.41, 5.74) is 2.74. The molecule has 7 nitrogen and oxygen atoms in total. The number of carbonyl (C=O) groups excluding carboxylic acids is 3. The van der Waals surface area contributed by atoms with Crippen molar-refractivity contribution in [2.45, 2.75) is 25.2 Å². The molecule has 0 amide bonds. The van der Waals surface area contributed by atoms with Crippen LogP contribution in [-0.4, -0.2) is 39.1 Å². The molecular formula is C25H25NO6S. The first kappa shape index (κ1) is 22.8. The predicted molar refractivity (Wildman–Crippen MR) is 123 cm³/mol. The SMILES string of the molecule is COC(=O)C1=C(C)NC2=C(C(=O)[C@@H](C(=O)OC)[C@@H](c3cccs3)C2)[C@@H]1c1cccc(OC)c1. The Morgan fingerprint density at radius 3 is 2.52 bits per heavy atom. The van der Waals surface area contributed by atoms with Crippen molar-refractivity contribution in [2.75, 3.05) is 21.3 Å². The second kappa shape index (κ2) is 9.23. The van der Waals surface area contributed by atoms with Crippen molar-refractivity contribution in [1.29, 1.82) is 0 Å². The molecule has 1 aliphatic carbocycles. The van der Waals surface area contributed by atoms with E-state index in [0.717, 1.165) is 4.88 Å². The van der Waals surface area contributed by atoms with Crippen LogP contribution in [0.15, 0.2) is 64.3 Å². The fourth-order valence-electron chi connectivity index (χ4n) is 4.74. The molecular weight excluding hydrogens is 442 g/mol. The van der Waals surface area contributed by atoms with Gasteiger partial charge < -0.3 is 19.5 Å². The van der Waals surface area contributed by atoms with Gasteiger partial charge in [-0.3, -0.25) is 9.59 Å². The highest BCUT2D eigenvalue weighted by atomic mass is 32.1. The van der Waals surface area contributed by atoms with Crippen molar-refractivity contribution >= 4 is 29.1 Å². The van der Waals surface area contributed by atoms with Crippen molar-refractivity contribution in [3.63, 3.8) is 0 Å². The Kier molecular flexibility index (Phi) is 6.37. The lowest BCUT2D eigenvalue weighted by atomic mass is 9.68. The van der Waals surface area contributed by atoms with E-state index in [1.807, 2.05) is 23.6 Å². The number of Topliss-reactive ketones (excluding diaryl/α,β-unsaturated/α-hetero) is 1. The topological polar surface area (TPSA) is 90.9 Å². The lowest BCUT2D eigenvalue weighted by Crippen LogP contribution is -2.43. The van der Waals surface area contributed by atoms with Crippen LogP contribution in [0.5, 0.6) is 5.75 Å². The molecule has 1 aromatic carbocycles. The molecule has 2 aromatic rings. The molecule has 2 heterocycles. The van der Waals surface area contributed by atoms with Gasteiger partial charge in [-0.2, -0.15) is 0 Å². The van der Waals surface area contributed by atoms with Gasteiger partial charge in [0, 0.05) is 33.7 Å². The summed E-state index contributed by atoms with van der Waals surface area (Å²) in [6, 6.07) is 11.1. The van der Waals surface area contributed by atoms with Gasteiger partial charge in [-0.1, -0.05) is 18.2 Å². The number of ether oxygens (including phenoxy) is 3. The molecule has 1 N–H and O–H groups in total. The van der Waals surface area contributed by atoms with E-state index in [2.05, 4.69) is 5.32 Å². The van der Waals surface area contributed by atoms with Gasteiger partial charge in [-0.15, -0.1) is 11.3 Å². The van der Waals surface area contributed by atoms with Gasteiger partial charge in [0.15, 0.2) is 5.78 Å². The van der Waals surface area contributed by atoms with E-state index in [9.17, 15) is 14.4 Å². The zero-order chi connectivity index (χ0) is 23.7. The van der Waals surface area contributed by atoms with E-state index in [-0.39, 0.29) is 11.7 Å². The van der Waals surface area contributed by atoms with Crippen LogP contribution in [0, 0.1) is 5.92 Å². The molecule has 3 atom stereocenters.